The highest BCUT2D eigenvalue weighted by Gasteiger charge is 2.16. The SMILES string of the molecule is CC(C)(C)C.CC(C)(C)C(N)=O. The molecule has 0 unspecified atom stereocenters. The van der Waals surface area contributed by atoms with Crippen LogP contribution in [-0.2, 0) is 4.79 Å². The summed E-state index contributed by atoms with van der Waals surface area (Å²) in [6, 6.07) is 0. The van der Waals surface area contributed by atoms with E-state index < -0.39 is 0 Å². The Morgan fingerprint density at radius 1 is 0.917 bits per heavy atom. The molecule has 0 saturated carbocycles. The van der Waals surface area contributed by atoms with Crippen molar-refractivity contribution in [1.82, 2.24) is 0 Å². The molecule has 0 fully saturated rings. The highest BCUT2D eigenvalue weighted by molar-refractivity contribution is 5.79. The van der Waals surface area contributed by atoms with Gasteiger partial charge >= 0.3 is 0 Å². The first-order valence-electron chi connectivity index (χ1n) is 4.24. The number of rotatable bonds is 0. The number of primary amides is 1. The maximum Gasteiger partial charge on any atom is 0.222 e. The molecule has 0 aliphatic heterocycles. The van der Waals surface area contributed by atoms with Gasteiger partial charge in [-0.1, -0.05) is 48.5 Å². The molecule has 12 heavy (non-hydrogen) atoms. The summed E-state index contributed by atoms with van der Waals surface area (Å²) < 4.78 is 0. The largest absolute Gasteiger partial charge is 0.369 e. The Morgan fingerprint density at radius 3 is 1.00 bits per heavy atom. The van der Waals surface area contributed by atoms with Crippen LogP contribution in [0, 0.1) is 10.8 Å². The standard InChI is InChI=1S/C5H11NO.C5H12/c1-5(2,3)4(6)7;1-5(2,3)4/h1-3H3,(H2,6,7);1-4H3. The van der Waals surface area contributed by atoms with Gasteiger partial charge in [0.15, 0.2) is 0 Å². The maximum atomic E-state index is 10.2. The molecule has 2 N–H and O–H groups in total. The Kier molecular flexibility index (Phi) is 5.24. The number of hydrogen-bond donors (Lipinski definition) is 1. The Balaban J connectivity index is 0. The lowest BCUT2D eigenvalue weighted by Gasteiger charge is -2.10. The van der Waals surface area contributed by atoms with E-state index in [0.29, 0.717) is 5.41 Å². The lowest BCUT2D eigenvalue weighted by molar-refractivity contribution is -0.125. The summed E-state index contributed by atoms with van der Waals surface area (Å²) in [5.74, 6) is -0.257. The van der Waals surface area contributed by atoms with E-state index in [4.69, 9.17) is 5.73 Å². The summed E-state index contributed by atoms with van der Waals surface area (Å²) in [4.78, 5) is 10.2. The predicted molar refractivity (Wildman–Crippen MR) is 53.8 cm³/mol. The van der Waals surface area contributed by atoms with Gasteiger partial charge in [-0.25, -0.2) is 0 Å². The molecule has 0 saturated heterocycles. The molecule has 0 aromatic rings. The molecule has 0 bridgehead atoms. The van der Waals surface area contributed by atoms with Crippen molar-refractivity contribution in [3.8, 4) is 0 Å². The molecule has 0 radical (unpaired) electrons. The molecule has 2 heteroatoms. The van der Waals surface area contributed by atoms with Gasteiger partial charge in [-0.05, 0) is 5.41 Å². The Morgan fingerprint density at radius 2 is 1.00 bits per heavy atom. The smallest absolute Gasteiger partial charge is 0.222 e. The topological polar surface area (TPSA) is 43.1 Å². The summed E-state index contributed by atoms with van der Waals surface area (Å²) in [5, 5.41) is 0. The van der Waals surface area contributed by atoms with E-state index in [0.717, 1.165) is 0 Å². The van der Waals surface area contributed by atoms with Gasteiger partial charge < -0.3 is 5.73 Å². The third-order valence-electron chi connectivity index (χ3n) is 0.739. The van der Waals surface area contributed by atoms with Crippen LogP contribution in [0.25, 0.3) is 0 Å². The molecular formula is C10H23NO. The number of carbonyl (C=O) groups is 1. The van der Waals surface area contributed by atoms with E-state index in [1.54, 1.807) is 20.8 Å². The van der Waals surface area contributed by atoms with E-state index in [2.05, 4.69) is 27.7 Å². The van der Waals surface area contributed by atoms with E-state index in [1.165, 1.54) is 0 Å². The number of hydrogen-bond acceptors (Lipinski definition) is 1. The maximum absolute atomic E-state index is 10.2. The number of nitrogens with two attached hydrogens (primary N) is 1. The number of carbonyl (C=O) groups excluding carboxylic acids is 1. The molecule has 74 valence electrons. The fourth-order valence-corrected chi connectivity index (χ4v) is 0. The lowest BCUT2D eigenvalue weighted by Crippen LogP contribution is -2.27. The molecule has 0 aliphatic rings. The molecule has 0 aromatic heterocycles. The fourth-order valence-electron chi connectivity index (χ4n) is 0. The summed E-state index contributed by atoms with van der Waals surface area (Å²) in [6.07, 6.45) is 0. The number of amides is 1. The van der Waals surface area contributed by atoms with Gasteiger partial charge in [-0.2, -0.15) is 0 Å². The van der Waals surface area contributed by atoms with Crippen LogP contribution in [0.3, 0.4) is 0 Å². The minimum atomic E-state index is -0.361. The molecule has 2 nitrogen and oxygen atoms in total. The lowest BCUT2D eigenvalue weighted by atomic mass is 9.96. The predicted octanol–water partition coefficient (Wildman–Crippen LogP) is 2.57. The van der Waals surface area contributed by atoms with Gasteiger partial charge in [-0.15, -0.1) is 0 Å². The van der Waals surface area contributed by atoms with Crippen LogP contribution in [-0.4, -0.2) is 5.91 Å². The van der Waals surface area contributed by atoms with Crippen LogP contribution in [0.1, 0.15) is 48.5 Å². The first-order chi connectivity index (χ1) is 4.94. The van der Waals surface area contributed by atoms with E-state index >= 15 is 0 Å². The third-order valence-corrected chi connectivity index (χ3v) is 0.739. The van der Waals surface area contributed by atoms with Crippen molar-refractivity contribution in [1.29, 1.82) is 0 Å². The van der Waals surface area contributed by atoms with Crippen molar-refractivity contribution in [3.05, 3.63) is 0 Å². The van der Waals surface area contributed by atoms with Crippen LogP contribution in [0.15, 0.2) is 0 Å². The van der Waals surface area contributed by atoms with Gasteiger partial charge in [-0.3, -0.25) is 4.79 Å². The Bertz CT molecular complexity index is 131. The Labute approximate surface area is 76.5 Å². The van der Waals surface area contributed by atoms with Crippen molar-refractivity contribution in [2.45, 2.75) is 48.5 Å². The minimum absolute atomic E-state index is 0.257. The zero-order valence-electron chi connectivity index (χ0n) is 9.49. The zero-order chi connectivity index (χ0) is 10.6. The van der Waals surface area contributed by atoms with E-state index in [1.807, 2.05) is 0 Å². The quantitative estimate of drug-likeness (QED) is 0.601. The van der Waals surface area contributed by atoms with Crippen LogP contribution in [0.4, 0.5) is 0 Å². The van der Waals surface area contributed by atoms with E-state index in [-0.39, 0.29) is 11.3 Å². The molecule has 0 aliphatic carbocycles. The summed E-state index contributed by atoms with van der Waals surface area (Å²) >= 11 is 0. The monoisotopic (exact) mass is 173 g/mol. The average molecular weight is 173 g/mol. The van der Waals surface area contributed by atoms with Gasteiger partial charge in [0.25, 0.3) is 0 Å². The van der Waals surface area contributed by atoms with Crippen molar-refractivity contribution < 1.29 is 4.79 Å². The Hall–Kier alpha value is -0.530. The van der Waals surface area contributed by atoms with Crippen molar-refractivity contribution in [2.75, 3.05) is 0 Å². The normalized spacial score (nSPS) is 11.6. The van der Waals surface area contributed by atoms with Crippen LogP contribution in [0.2, 0.25) is 0 Å². The second-order valence-corrected chi connectivity index (χ2v) is 5.61. The second kappa shape index (κ2) is 4.48. The first-order valence-corrected chi connectivity index (χ1v) is 4.24. The van der Waals surface area contributed by atoms with Crippen molar-refractivity contribution in [2.24, 2.45) is 16.6 Å². The molecule has 1 amide bonds. The van der Waals surface area contributed by atoms with Crippen molar-refractivity contribution >= 4 is 5.91 Å². The van der Waals surface area contributed by atoms with Gasteiger partial charge in [0.05, 0.1) is 0 Å². The summed E-state index contributed by atoms with van der Waals surface area (Å²) in [6.45, 7) is 14.1. The summed E-state index contributed by atoms with van der Waals surface area (Å²) in [7, 11) is 0. The van der Waals surface area contributed by atoms with Crippen LogP contribution in [0.5, 0.6) is 0 Å². The average Bonchev–Trinajstić information content (AvgIpc) is 1.55. The molecule has 0 atom stereocenters. The fraction of sp³-hybridized carbons (Fsp3) is 0.900. The third kappa shape index (κ3) is 22.7. The minimum Gasteiger partial charge on any atom is -0.369 e. The highest BCUT2D eigenvalue weighted by atomic mass is 16.1. The van der Waals surface area contributed by atoms with E-state index in [9.17, 15) is 4.79 Å². The highest BCUT2D eigenvalue weighted by Crippen LogP contribution is 2.09. The van der Waals surface area contributed by atoms with Gasteiger partial charge in [0, 0.05) is 5.41 Å². The first kappa shape index (κ1) is 14.0. The van der Waals surface area contributed by atoms with Crippen LogP contribution < -0.4 is 5.73 Å². The molecule has 0 heterocycles. The molecule has 0 rings (SSSR count). The second-order valence-electron chi connectivity index (χ2n) is 5.61. The zero-order valence-corrected chi connectivity index (χ0v) is 9.49. The van der Waals surface area contributed by atoms with Gasteiger partial charge in [0.2, 0.25) is 5.91 Å². The molecule has 0 spiro atoms. The summed E-state index contributed by atoms with van der Waals surface area (Å²) in [5.41, 5.74) is 5.07. The van der Waals surface area contributed by atoms with Crippen LogP contribution >= 0.6 is 0 Å². The van der Waals surface area contributed by atoms with Crippen molar-refractivity contribution in [3.63, 3.8) is 0 Å². The molecule has 0 aromatic carbocycles. The van der Waals surface area contributed by atoms with Gasteiger partial charge in [0.1, 0.15) is 0 Å². The molecular weight excluding hydrogens is 150 g/mol.